The van der Waals surface area contributed by atoms with Crippen LogP contribution in [-0.4, -0.2) is 33.7 Å². The van der Waals surface area contributed by atoms with Gasteiger partial charge in [0.1, 0.15) is 22.6 Å². The molecular weight excluding hydrogens is 408 g/mol. The van der Waals surface area contributed by atoms with E-state index in [1.165, 1.54) is 18.1 Å². The largest absolute Gasteiger partial charge is 0.495 e. The Kier molecular flexibility index (Phi) is 5.69. The Balaban J connectivity index is 1.48. The molecule has 0 saturated heterocycles. The van der Waals surface area contributed by atoms with E-state index in [-0.39, 0.29) is 11.7 Å². The number of hydrogen-bond acceptors (Lipinski definition) is 5. The topological polar surface area (TPSA) is 79.9 Å². The lowest BCUT2D eigenvalue weighted by atomic mass is 10.1. The molecule has 0 atom stereocenters. The molecule has 2 heterocycles. The molecular formula is C21H17ClN4O2S. The van der Waals surface area contributed by atoms with Crippen molar-refractivity contribution in [1.82, 2.24) is 15.0 Å². The molecule has 0 aliphatic rings. The number of nitrogens with one attached hydrogen (secondary N) is 2. The van der Waals surface area contributed by atoms with Gasteiger partial charge < -0.3 is 15.0 Å². The van der Waals surface area contributed by atoms with Gasteiger partial charge in [0.05, 0.1) is 23.4 Å². The molecule has 0 fully saturated rings. The van der Waals surface area contributed by atoms with Gasteiger partial charge in [-0.05, 0) is 23.8 Å². The first kappa shape index (κ1) is 19.3. The van der Waals surface area contributed by atoms with Gasteiger partial charge in [-0.3, -0.25) is 4.79 Å². The third-order valence-corrected chi connectivity index (χ3v) is 5.57. The van der Waals surface area contributed by atoms with Gasteiger partial charge in [-0.15, -0.1) is 0 Å². The van der Waals surface area contributed by atoms with Crippen molar-refractivity contribution in [1.29, 1.82) is 0 Å². The van der Waals surface area contributed by atoms with Crippen molar-refractivity contribution < 1.29 is 9.53 Å². The molecule has 6 nitrogen and oxygen atoms in total. The van der Waals surface area contributed by atoms with Crippen LogP contribution in [0.25, 0.3) is 22.2 Å². The van der Waals surface area contributed by atoms with Gasteiger partial charge in [0.2, 0.25) is 5.91 Å². The summed E-state index contributed by atoms with van der Waals surface area (Å²) < 4.78 is 5.12. The molecule has 4 rings (SSSR count). The number of aromatic nitrogens is 3. The van der Waals surface area contributed by atoms with Gasteiger partial charge in [-0.1, -0.05) is 53.7 Å². The zero-order valence-electron chi connectivity index (χ0n) is 15.5. The van der Waals surface area contributed by atoms with Crippen LogP contribution in [0.5, 0.6) is 5.75 Å². The molecule has 2 aromatic heterocycles. The van der Waals surface area contributed by atoms with Crippen molar-refractivity contribution in [2.24, 2.45) is 0 Å². The first-order chi connectivity index (χ1) is 14.2. The van der Waals surface area contributed by atoms with E-state index in [0.29, 0.717) is 16.5 Å². The van der Waals surface area contributed by atoms with Crippen LogP contribution in [0, 0.1) is 0 Å². The van der Waals surface area contributed by atoms with Gasteiger partial charge in [0.25, 0.3) is 0 Å². The summed E-state index contributed by atoms with van der Waals surface area (Å²) in [6, 6.07) is 15.1. The first-order valence-electron chi connectivity index (χ1n) is 8.79. The Morgan fingerprint density at radius 1 is 1.21 bits per heavy atom. The van der Waals surface area contributed by atoms with E-state index in [9.17, 15) is 4.79 Å². The summed E-state index contributed by atoms with van der Waals surface area (Å²) in [6.45, 7) is 0. The van der Waals surface area contributed by atoms with E-state index < -0.39 is 0 Å². The first-order valence-corrected chi connectivity index (χ1v) is 10.2. The summed E-state index contributed by atoms with van der Waals surface area (Å²) in [5.74, 6) is 0.608. The minimum Gasteiger partial charge on any atom is -0.495 e. The molecule has 2 N–H and O–H groups in total. The molecule has 0 aliphatic heterocycles. The van der Waals surface area contributed by atoms with E-state index in [1.54, 1.807) is 25.3 Å². The van der Waals surface area contributed by atoms with E-state index in [0.717, 1.165) is 27.2 Å². The normalized spacial score (nSPS) is 10.8. The lowest BCUT2D eigenvalue weighted by molar-refractivity contribution is -0.113. The molecule has 146 valence electrons. The molecule has 0 aliphatic carbocycles. The van der Waals surface area contributed by atoms with Gasteiger partial charge in [-0.25, -0.2) is 9.97 Å². The summed E-state index contributed by atoms with van der Waals surface area (Å²) in [5, 5.41) is 3.99. The Morgan fingerprint density at radius 2 is 2.03 bits per heavy atom. The number of nitrogens with zero attached hydrogens (tertiary/aromatic N) is 2. The Morgan fingerprint density at radius 3 is 2.79 bits per heavy atom. The fraction of sp³-hybridized carbons (Fsp3) is 0.0952. The molecule has 4 aromatic rings. The highest BCUT2D eigenvalue weighted by Gasteiger charge is 2.13. The molecule has 0 unspecified atom stereocenters. The number of carbonyl (C=O) groups excluding carboxylic acids is 1. The van der Waals surface area contributed by atoms with Crippen molar-refractivity contribution in [2.75, 3.05) is 18.2 Å². The number of methoxy groups -OCH3 is 1. The molecule has 1 amide bonds. The zero-order valence-corrected chi connectivity index (χ0v) is 17.1. The number of fused-ring (bicyclic) bond motifs is 1. The quantitative estimate of drug-likeness (QED) is 0.335. The SMILES string of the molecule is COc1ccc(NC(=O)CSc2ncnc3c(-c4ccccc4)c[nH]c23)cc1Cl. The number of carbonyl (C=O) groups is 1. The standard InChI is InChI=1S/C21H17ClN4O2S/c1-28-17-8-7-14(9-16(17)22)26-18(27)11-29-21-20-19(24-12-25-21)15(10-23-20)13-5-3-2-4-6-13/h2-10,12,23H,11H2,1H3,(H,26,27). The van der Waals surface area contributed by atoms with Crippen molar-refractivity contribution >= 4 is 46.0 Å². The number of rotatable bonds is 6. The van der Waals surface area contributed by atoms with Crippen LogP contribution in [0.3, 0.4) is 0 Å². The number of amides is 1. The zero-order chi connectivity index (χ0) is 20.2. The van der Waals surface area contributed by atoms with Crippen LogP contribution < -0.4 is 10.1 Å². The van der Waals surface area contributed by atoms with E-state index in [1.807, 2.05) is 36.5 Å². The predicted octanol–water partition coefficient (Wildman–Crippen LogP) is 5.02. The second kappa shape index (κ2) is 8.55. The maximum atomic E-state index is 12.4. The van der Waals surface area contributed by atoms with Crippen molar-refractivity contribution in [3.05, 3.63) is 66.1 Å². The number of anilines is 1. The third-order valence-electron chi connectivity index (χ3n) is 4.29. The minimum absolute atomic E-state index is 0.155. The van der Waals surface area contributed by atoms with E-state index >= 15 is 0 Å². The van der Waals surface area contributed by atoms with Crippen LogP contribution in [0.4, 0.5) is 5.69 Å². The molecule has 0 spiro atoms. The van der Waals surface area contributed by atoms with E-state index in [2.05, 4.69) is 20.3 Å². The average Bonchev–Trinajstić information content (AvgIpc) is 3.18. The van der Waals surface area contributed by atoms with Crippen LogP contribution >= 0.6 is 23.4 Å². The predicted molar refractivity (Wildman–Crippen MR) is 117 cm³/mol. The minimum atomic E-state index is -0.155. The molecule has 0 saturated carbocycles. The lowest BCUT2D eigenvalue weighted by Gasteiger charge is -2.08. The molecule has 8 heteroatoms. The van der Waals surface area contributed by atoms with Crippen LogP contribution in [-0.2, 0) is 4.79 Å². The maximum absolute atomic E-state index is 12.4. The molecule has 29 heavy (non-hydrogen) atoms. The van der Waals surface area contributed by atoms with Gasteiger partial charge in [-0.2, -0.15) is 0 Å². The van der Waals surface area contributed by atoms with Crippen LogP contribution in [0.1, 0.15) is 0 Å². The number of hydrogen-bond donors (Lipinski definition) is 2. The second-order valence-corrected chi connectivity index (χ2v) is 7.53. The van der Waals surface area contributed by atoms with Crippen molar-refractivity contribution in [2.45, 2.75) is 5.03 Å². The highest BCUT2D eigenvalue weighted by atomic mass is 35.5. The molecule has 0 bridgehead atoms. The fourth-order valence-electron chi connectivity index (χ4n) is 2.94. The summed E-state index contributed by atoms with van der Waals surface area (Å²) >= 11 is 7.45. The summed E-state index contributed by atoms with van der Waals surface area (Å²) in [7, 11) is 1.54. The summed E-state index contributed by atoms with van der Waals surface area (Å²) in [5.41, 5.74) is 4.33. The number of halogens is 1. The number of ether oxygens (including phenoxy) is 1. The summed E-state index contributed by atoms with van der Waals surface area (Å²) in [6.07, 6.45) is 3.43. The van der Waals surface area contributed by atoms with E-state index in [4.69, 9.17) is 16.3 Å². The number of thioether (sulfide) groups is 1. The van der Waals surface area contributed by atoms with Crippen LogP contribution in [0.15, 0.2) is 66.1 Å². The highest BCUT2D eigenvalue weighted by molar-refractivity contribution is 8.00. The Bertz CT molecular complexity index is 1160. The maximum Gasteiger partial charge on any atom is 0.234 e. The smallest absolute Gasteiger partial charge is 0.234 e. The summed E-state index contributed by atoms with van der Waals surface area (Å²) in [4.78, 5) is 24.3. The Hall–Kier alpha value is -3.03. The third kappa shape index (κ3) is 4.21. The molecule has 0 radical (unpaired) electrons. The van der Waals surface area contributed by atoms with Crippen molar-refractivity contribution in [3.63, 3.8) is 0 Å². The fourth-order valence-corrected chi connectivity index (χ4v) is 3.96. The van der Waals surface area contributed by atoms with Crippen molar-refractivity contribution in [3.8, 4) is 16.9 Å². The average molecular weight is 425 g/mol. The van der Waals surface area contributed by atoms with Gasteiger partial charge in [0.15, 0.2) is 0 Å². The van der Waals surface area contributed by atoms with Gasteiger partial charge >= 0.3 is 0 Å². The number of H-pyrrole nitrogens is 1. The monoisotopic (exact) mass is 424 g/mol. The highest BCUT2D eigenvalue weighted by Crippen LogP contribution is 2.31. The van der Waals surface area contributed by atoms with Crippen LogP contribution in [0.2, 0.25) is 5.02 Å². The second-order valence-electron chi connectivity index (χ2n) is 6.16. The molecule has 2 aromatic carbocycles. The number of aromatic amines is 1. The van der Waals surface area contributed by atoms with Gasteiger partial charge in [0, 0.05) is 17.4 Å². The number of benzene rings is 2. The Labute approximate surface area is 176 Å². The lowest BCUT2D eigenvalue weighted by Crippen LogP contribution is -2.14.